The van der Waals surface area contributed by atoms with Gasteiger partial charge in [0.15, 0.2) is 0 Å². The van der Waals surface area contributed by atoms with Crippen molar-refractivity contribution >= 4 is 5.69 Å². The second-order valence-corrected chi connectivity index (χ2v) is 5.41. The normalized spacial score (nSPS) is 16.3. The van der Waals surface area contributed by atoms with E-state index >= 15 is 0 Å². The van der Waals surface area contributed by atoms with Crippen LogP contribution >= 0.6 is 0 Å². The monoisotopic (exact) mass is 264 g/mol. The van der Waals surface area contributed by atoms with Crippen molar-refractivity contribution in [2.24, 2.45) is 5.41 Å². The summed E-state index contributed by atoms with van der Waals surface area (Å²) in [5.41, 5.74) is 8.39. The minimum atomic E-state index is 0.469. The third-order valence-electron chi connectivity index (χ3n) is 3.96. The molecular formula is C15H24N2O2. The Morgan fingerprint density at radius 1 is 1.32 bits per heavy atom. The fraction of sp³-hybridized carbons (Fsp3) is 0.600. The second-order valence-electron chi connectivity index (χ2n) is 5.41. The standard InChI is InChI=1S/C15H24N2O2/c1-18-8-7-15(5-6-15)11-17-10-12-3-4-13(19-2)9-14(12)16/h3-4,9,17H,5-8,10-11,16H2,1-2H3. The first-order chi connectivity index (χ1) is 9.19. The molecule has 0 atom stereocenters. The van der Waals surface area contributed by atoms with Crippen molar-refractivity contribution in [3.8, 4) is 5.75 Å². The number of hydrogen-bond donors (Lipinski definition) is 2. The molecule has 0 radical (unpaired) electrons. The Balaban J connectivity index is 1.79. The zero-order valence-electron chi connectivity index (χ0n) is 11.9. The summed E-state index contributed by atoms with van der Waals surface area (Å²) in [6.45, 7) is 2.71. The van der Waals surface area contributed by atoms with Crippen LogP contribution in [0.25, 0.3) is 0 Å². The van der Waals surface area contributed by atoms with Crippen LogP contribution in [-0.2, 0) is 11.3 Å². The summed E-state index contributed by atoms with van der Waals surface area (Å²) in [4.78, 5) is 0. The summed E-state index contributed by atoms with van der Waals surface area (Å²) in [6, 6.07) is 5.84. The average Bonchev–Trinajstić information content (AvgIpc) is 3.19. The fourth-order valence-electron chi connectivity index (χ4n) is 2.33. The van der Waals surface area contributed by atoms with Gasteiger partial charge in [0.25, 0.3) is 0 Å². The molecule has 0 aliphatic heterocycles. The lowest BCUT2D eigenvalue weighted by atomic mass is 10.0. The minimum absolute atomic E-state index is 0.469. The van der Waals surface area contributed by atoms with Crippen LogP contribution in [0.2, 0.25) is 0 Å². The van der Waals surface area contributed by atoms with Crippen molar-refractivity contribution in [1.82, 2.24) is 5.32 Å². The number of benzene rings is 1. The van der Waals surface area contributed by atoms with Crippen LogP contribution in [0, 0.1) is 5.41 Å². The maximum atomic E-state index is 6.00. The van der Waals surface area contributed by atoms with E-state index in [-0.39, 0.29) is 0 Å². The van der Waals surface area contributed by atoms with Crippen LogP contribution in [0.5, 0.6) is 5.75 Å². The van der Waals surface area contributed by atoms with Crippen LogP contribution in [0.1, 0.15) is 24.8 Å². The molecule has 4 nitrogen and oxygen atoms in total. The zero-order valence-corrected chi connectivity index (χ0v) is 11.9. The van der Waals surface area contributed by atoms with E-state index in [1.807, 2.05) is 18.2 Å². The molecule has 0 aromatic heterocycles. The number of rotatable bonds is 8. The maximum Gasteiger partial charge on any atom is 0.120 e. The number of anilines is 1. The van der Waals surface area contributed by atoms with Crippen LogP contribution in [0.4, 0.5) is 5.69 Å². The highest BCUT2D eigenvalue weighted by atomic mass is 16.5. The molecule has 0 saturated heterocycles. The van der Waals surface area contributed by atoms with Gasteiger partial charge in [0.05, 0.1) is 7.11 Å². The van der Waals surface area contributed by atoms with E-state index in [1.54, 1.807) is 14.2 Å². The Kier molecular flexibility index (Phi) is 4.66. The molecule has 1 fully saturated rings. The maximum absolute atomic E-state index is 6.00. The number of nitrogens with two attached hydrogens (primary N) is 1. The van der Waals surface area contributed by atoms with Gasteiger partial charge < -0.3 is 20.5 Å². The van der Waals surface area contributed by atoms with Crippen molar-refractivity contribution in [3.63, 3.8) is 0 Å². The van der Waals surface area contributed by atoms with Crippen molar-refractivity contribution in [2.45, 2.75) is 25.8 Å². The van der Waals surface area contributed by atoms with E-state index in [4.69, 9.17) is 15.2 Å². The van der Waals surface area contributed by atoms with Crippen molar-refractivity contribution < 1.29 is 9.47 Å². The fourth-order valence-corrected chi connectivity index (χ4v) is 2.33. The molecular weight excluding hydrogens is 240 g/mol. The quantitative estimate of drug-likeness (QED) is 0.707. The van der Waals surface area contributed by atoms with Crippen LogP contribution in [0.3, 0.4) is 0 Å². The van der Waals surface area contributed by atoms with Gasteiger partial charge in [-0.05, 0) is 36.3 Å². The van der Waals surface area contributed by atoms with Gasteiger partial charge in [-0.15, -0.1) is 0 Å². The summed E-state index contributed by atoms with van der Waals surface area (Å²) in [6.07, 6.45) is 3.76. The van der Waals surface area contributed by atoms with Gasteiger partial charge in [0, 0.05) is 38.6 Å². The SMILES string of the molecule is COCCC1(CNCc2ccc(OC)cc2N)CC1. The molecule has 0 bridgehead atoms. The van der Waals surface area contributed by atoms with Gasteiger partial charge in [-0.2, -0.15) is 0 Å². The number of nitrogen functional groups attached to an aromatic ring is 1. The van der Waals surface area contributed by atoms with E-state index in [0.717, 1.165) is 43.1 Å². The first-order valence-corrected chi connectivity index (χ1v) is 6.81. The van der Waals surface area contributed by atoms with Crippen LogP contribution < -0.4 is 15.8 Å². The van der Waals surface area contributed by atoms with Crippen molar-refractivity contribution in [1.29, 1.82) is 0 Å². The summed E-state index contributed by atoms with van der Waals surface area (Å²) < 4.78 is 10.3. The molecule has 1 aromatic rings. The van der Waals surface area contributed by atoms with E-state index in [9.17, 15) is 0 Å². The van der Waals surface area contributed by atoms with E-state index in [2.05, 4.69) is 5.32 Å². The average molecular weight is 264 g/mol. The molecule has 1 aliphatic carbocycles. The highest BCUT2D eigenvalue weighted by Gasteiger charge is 2.41. The summed E-state index contributed by atoms with van der Waals surface area (Å²) in [7, 11) is 3.42. The number of methoxy groups -OCH3 is 2. The third-order valence-corrected chi connectivity index (χ3v) is 3.96. The molecule has 4 heteroatoms. The van der Waals surface area contributed by atoms with E-state index in [0.29, 0.717) is 5.41 Å². The van der Waals surface area contributed by atoms with Crippen LogP contribution in [-0.4, -0.2) is 27.4 Å². The lowest BCUT2D eigenvalue weighted by molar-refractivity contribution is 0.171. The van der Waals surface area contributed by atoms with E-state index < -0.39 is 0 Å². The van der Waals surface area contributed by atoms with Crippen molar-refractivity contribution in [2.75, 3.05) is 33.1 Å². The van der Waals surface area contributed by atoms with Gasteiger partial charge in [-0.1, -0.05) is 6.07 Å². The first-order valence-electron chi connectivity index (χ1n) is 6.81. The van der Waals surface area contributed by atoms with Gasteiger partial charge >= 0.3 is 0 Å². The molecule has 3 N–H and O–H groups in total. The Morgan fingerprint density at radius 2 is 2.11 bits per heavy atom. The Labute approximate surface area is 115 Å². The first kappa shape index (κ1) is 14.2. The topological polar surface area (TPSA) is 56.5 Å². The Morgan fingerprint density at radius 3 is 2.68 bits per heavy atom. The largest absolute Gasteiger partial charge is 0.497 e. The molecule has 0 unspecified atom stereocenters. The predicted octanol–water partition coefficient (Wildman–Crippen LogP) is 2.18. The van der Waals surface area contributed by atoms with Gasteiger partial charge in [-0.25, -0.2) is 0 Å². The lowest BCUT2D eigenvalue weighted by Gasteiger charge is -2.16. The molecule has 1 aliphatic rings. The predicted molar refractivity (Wildman–Crippen MR) is 77.3 cm³/mol. The Hall–Kier alpha value is -1.26. The minimum Gasteiger partial charge on any atom is -0.497 e. The highest BCUT2D eigenvalue weighted by molar-refractivity contribution is 5.51. The molecule has 19 heavy (non-hydrogen) atoms. The summed E-state index contributed by atoms with van der Waals surface area (Å²) in [5.74, 6) is 0.806. The highest BCUT2D eigenvalue weighted by Crippen LogP contribution is 2.48. The van der Waals surface area contributed by atoms with Gasteiger partial charge in [-0.3, -0.25) is 0 Å². The number of ether oxygens (including phenoxy) is 2. The second kappa shape index (κ2) is 6.26. The number of nitrogens with one attached hydrogen (secondary N) is 1. The smallest absolute Gasteiger partial charge is 0.120 e. The Bertz CT molecular complexity index is 417. The molecule has 0 spiro atoms. The molecule has 106 valence electrons. The summed E-state index contributed by atoms with van der Waals surface area (Å²) >= 11 is 0. The summed E-state index contributed by atoms with van der Waals surface area (Å²) in [5, 5.41) is 3.52. The molecule has 1 aromatic carbocycles. The molecule has 0 heterocycles. The molecule has 1 saturated carbocycles. The third kappa shape index (κ3) is 3.85. The molecule has 0 amide bonds. The molecule has 2 rings (SSSR count). The van der Waals surface area contributed by atoms with Gasteiger partial charge in [0.2, 0.25) is 0 Å². The van der Waals surface area contributed by atoms with Crippen LogP contribution in [0.15, 0.2) is 18.2 Å². The number of hydrogen-bond acceptors (Lipinski definition) is 4. The van der Waals surface area contributed by atoms with E-state index in [1.165, 1.54) is 12.8 Å². The zero-order chi connectivity index (χ0) is 13.7. The van der Waals surface area contributed by atoms with Crippen molar-refractivity contribution in [3.05, 3.63) is 23.8 Å². The lowest BCUT2D eigenvalue weighted by Crippen LogP contribution is -2.25. The van der Waals surface area contributed by atoms with Gasteiger partial charge in [0.1, 0.15) is 5.75 Å².